The molecule has 2 amide bonds. The summed E-state index contributed by atoms with van der Waals surface area (Å²) >= 11 is 0. The number of amides is 2. The highest BCUT2D eigenvalue weighted by molar-refractivity contribution is 5.92. The average Bonchev–Trinajstić information content (AvgIpc) is 2.47. The predicted molar refractivity (Wildman–Crippen MR) is 94.2 cm³/mol. The van der Waals surface area contributed by atoms with Gasteiger partial charge in [-0.2, -0.15) is 0 Å². The van der Waals surface area contributed by atoms with Gasteiger partial charge >= 0.3 is 0 Å². The van der Waals surface area contributed by atoms with E-state index in [1.165, 1.54) is 6.92 Å². The Morgan fingerprint density at radius 2 is 1.83 bits per heavy atom. The summed E-state index contributed by atoms with van der Waals surface area (Å²) in [5.74, 6) is 0.642. The van der Waals surface area contributed by atoms with E-state index in [2.05, 4.69) is 20.9 Å². The van der Waals surface area contributed by atoms with Gasteiger partial charge in [0, 0.05) is 24.2 Å². The first-order valence-corrected chi connectivity index (χ1v) is 8.02. The zero-order valence-corrected chi connectivity index (χ0v) is 13.5. The number of hydrogen-bond donors (Lipinski definition) is 3. The summed E-state index contributed by atoms with van der Waals surface area (Å²) in [7, 11) is 0. The van der Waals surface area contributed by atoms with Gasteiger partial charge in [0.2, 0.25) is 11.8 Å². The molecule has 3 N–H and O–H groups in total. The topological polar surface area (TPSA) is 83.1 Å². The SMILES string of the molecule is CC(=O)Nc1cccc(Nc2ccc(NC(=O)C3CCC3)nc2)c1. The van der Waals surface area contributed by atoms with Crippen LogP contribution in [0.5, 0.6) is 0 Å². The molecule has 1 aliphatic carbocycles. The van der Waals surface area contributed by atoms with E-state index in [4.69, 9.17) is 0 Å². The largest absolute Gasteiger partial charge is 0.354 e. The summed E-state index contributed by atoms with van der Waals surface area (Å²) in [6.07, 6.45) is 4.74. The zero-order chi connectivity index (χ0) is 16.9. The molecule has 6 heteroatoms. The first-order chi connectivity index (χ1) is 11.6. The highest BCUT2D eigenvalue weighted by Gasteiger charge is 2.25. The Hall–Kier alpha value is -2.89. The molecule has 1 heterocycles. The minimum atomic E-state index is -0.111. The van der Waals surface area contributed by atoms with Crippen LogP contribution in [-0.2, 0) is 9.59 Å². The molecule has 2 aromatic rings. The molecule has 0 aliphatic heterocycles. The molecule has 1 fully saturated rings. The molecular formula is C18H20N4O2. The van der Waals surface area contributed by atoms with Crippen molar-refractivity contribution in [3.63, 3.8) is 0 Å². The van der Waals surface area contributed by atoms with Crippen molar-refractivity contribution in [3.8, 4) is 0 Å². The molecular weight excluding hydrogens is 304 g/mol. The van der Waals surface area contributed by atoms with Gasteiger partial charge in [0.25, 0.3) is 0 Å². The van der Waals surface area contributed by atoms with Gasteiger partial charge in [0.1, 0.15) is 5.82 Å². The molecule has 0 atom stereocenters. The van der Waals surface area contributed by atoms with Crippen LogP contribution in [0.3, 0.4) is 0 Å². The van der Waals surface area contributed by atoms with E-state index in [1.807, 2.05) is 30.3 Å². The number of hydrogen-bond acceptors (Lipinski definition) is 4. The number of nitrogens with zero attached hydrogens (tertiary/aromatic N) is 1. The second-order valence-electron chi connectivity index (χ2n) is 5.94. The van der Waals surface area contributed by atoms with E-state index in [1.54, 1.807) is 12.3 Å². The Labute approximate surface area is 140 Å². The van der Waals surface area contributed by atoms with Crippen LogP contribution >= 0.6 is 0 Å². The first kappa shape index (κ1) is 16.0. The third-order valence-corrected chi connectivity index (χ3v) is 3.96. The highest BCUT2D eigenvalue weighted by Crippen LogP contribution is 2.27. The highest BCUT2D eigenvalue weighted by atomic mass is 16.2. The summed E-state index contributed by atoms with van der Waals surface area (Å²) in [5.41, 5.74) is 2.37. The predicted octanol–water partition coefficient (Wildman–Crippen LogP) is 3.52. The molecule has 0 radical (unpaired) electrons. The van der Waals surface area contributed by atoms with Crippen LogP contribution < -0.4 is 16.0 Å². The maximum Gasteiger partial charge on any atom is 0.228 e. The van der Waals surface area contributed by atoms with Crippen molar-refractivity contribution in [3.05, 3.63) is 42.6 Å². The van der Waals surface area contributed by atoms with Crippen LogP contribution in [0.4, 0.5) is 22.9 Å². The van der Waals surface area contributed by atoms with E-state index in [0.29, 0.717) is 5.82 Å². The van der Waals surface area contributed by atoms with E-state index in [0.717, 1.165) is 36.3 Å². The third kappa shape index (κ3) is 4.10. The van der Waals surface area contributed by atoms with Crippen LogP contribution in [0, 0.1) is 5.92 Å². The van der Waals surface area contributed by atoms with E-state index < -0.39 is 0 Å². The standard InChI is InChI=1S/C18H20N4O2/c1-12(23)20-14-6-3-7-15(10-14)21-16-8-9-17(19-11-16)22-18(24)13-4-2-5-13/h3,6-11,13,21H,2,4-5H2,1H3,(H,20,23)(H,19,22,24). The van der Waals surface area contributed by atoms with Crippen LogP contribution in [0.1, 0.15) is 26.2 Å². The first-order valence-electron chi connectivity index (χ1n) is 8.02. The lowest BCUT2D eigenvalue weighted by molar-refractivity contribution is -0.122. The van der Waals surface area contributed by atoms with Crippen molar-refractivity contribution in [2.75, 3.05) is 16.0 Å². The lowest BCUT2D eigenvalue weighted by atomic mass is 9.85. The fourth-order valence-corrected chi connectivity index (χ4v) is 2.49. The van der Waals surface area contributed by atoms with Crippen LogP contribution in [0.15, 0.2) is 42.6 Å². The number of pyridine rings is 1. The monoisotopic (exact) mass is 324 g/mol. The average molecular weight is 324 g/mol. The van der Waals surface area contributed by atoms with Gasteiger partial charge in [0.05, 0.1) is 11.9 Å². The molecule has 24 heavy (non-hydrogen) atoms. The van der Waals surface area contributed by atoms with E-state index in [-0.39, 0.29) is 17.7 Å². The maximum absolute atomic E-state index is 11.9. The summed E-state index contributed by atoms with van der Waals surface area (Å²) in [5, 5.41) is 8.80. The smallest absolute Gasteiger partial charge is 0.228 e. The van der Waals surface area contributed by atoms with Crippen LogP contribution in [0.25, 0.3) is 0 Å². The molecule has 124 valence electrons. The van der Waals surface area contributed by atoms with Crippen molar-refractivity contribution in [2.45, 2.75) is 26.2 Å². The third-order valence-electron chi connectivity index (χ3n) is 3.96. The number of rotatable bonds is 5. The fourth-order valence-electron chi connectivity index (χ4n) is 2.49. The second kappa shape index (κ2) is 7.12. The maximum atomic E-state index is 11.9. The number of nitrogens with one attached hydrogen (secondary N) is 3. The van der Waals surface area contributed by atoms with Gasteiger partial charge < -0.3 is 16.0 Å². The number of carbonyl (C=O) groups is 2. The van der Waals surface area contributed by atoms with Crippen molar-refractivity contribution < 1.29 is 9.59 Å². The molecule has 0 spiro atoms. The lowest BCUT2D eigenvalue weighted by Crippen LogP contribution is -2.28. The normalized spacial score (nSPS) is 13.7. The van der Waals surface area contributed by atoms with Gasteiger partial charge in [-0.1, -0.05) is 12.5 Å². The number of aromatic nitrogens is 1. The van der Waals surface area contributed by atoms with Gasteiger partial charge in [-0.05, 0) is 43.2 Å². The molecule has 1 aromatic carbocycles. The van der Waals surface area contributed by atoms with Crippen molar-refractivity contribution >= 4 is 34.7 Å². The van der Waals surface area contributed by atoms with Crippen LogP contribution in [0.2, 0.25) is 0 Å². The molecule has 0 unspecified atom stereocenters. The Balaban J connectivity index is 1.61. The van der Waals surface area contributed by atoms with Gasteiger partial charge in [-0.3, -0.25) is 9.59 Å². The quantitative estimate of drug-likeness (QED) is 0.786. The fraction of sp³-hybridized carbons (Fsp3) is 0.278. The molecule has 0 saturated heterocycles. The summed E-state index contributed by atoms with van der Waals surface area (Å²) < 4.78 is 0. The molecule has 0 bridgehead atoms. The molecule has 1 saturated carbocycles. The van der Waals surface area contributed by atoms with E-state index in [9.17, 15) is 9.59 Å². The minimum Gasteiger partial charge on any atom is -0.354 e. The Morgan fingerprint density at radius 3 is 2.46 bits per heavy atom. The zero-order valence-electron chi connectivity index (χ0n) is 13.5. The molecule has 6 nitrogen and oxygen atoms in total. The van der Waals surface area contributed by atoms with Gasteiger partial charge in [0.15, 0.2) is 0 Å². The molecule has 3 rings (SSSR count). The van der Waals surface area contributed by atoms with Gasteiger partial charge in [-0.25, -0.2) is 4.98 Å². The molecule has 1 aromatic heterocycles. The minimum absolute atomic E-state index is 0.0532. The van der Waals surface area contributed by atoms with Crippen LogP contribution in [-0.4, -0.2) is 16.8 Å². The summed E-state index contributed by atoms with van der Waals surface area (Å²) in [6, 6.07) is 11.1. The lowest BCUT2D eigenvalue weighted by Gasteiger charge is -2.23. The number of carbonyl (C=O) groups excluding carboxylic acids is 2. The van der Waals surface area contributed by atoms with Crippen molar-refractivity contribution in [1.82, 2.24) is 4.98 Å². The van der Waals surface area contributed by atoms with Crippen molar-refractivity contribution in [1.29, 1.82) is 0 Å². The second-order valence-corrected chi connectivity index (χ2v) is 5.94. The number of benzene rings is 1. The van der Waals surface area contributed by atoms with E-state index >= 15 is 0 Å². The number of anilines is 4. The Morgan fingerprint density at radius 1 is 1.04 bits per heavy atom. The summed E-state index contributed by atoms with van der Waals surface area (Å²) in [4.78, 5) is 27.3. The Bertz CT molecular complexity index is 739. The van der Waals surface area contributed by atoms with Gasteiger partial charge in [-0.15, -0.1) is 0 Å². The summed E-state index contributed by atoms with van der Waals surface area (Å²) in [6.45, 7) is 1.47. The Kier molecular flexibility index (Phi) is 4.74. The molecule has 1 aliphatic rings. The van der Waals surface area contributed by atoms with Crippen molar-refractivity contribution in [2.24, 2.45) is 5.92 Å².